The standard InChI is InChI=1S/C18H20BrN3O4/c1-18(2)9-10-7-13(24-3)14(25-4)8-11(10)16(20-18)21-22-17(23)12-5-6-15(19)26-12/h5-8H,9H2,1-4H3,(H,20,21)(H,22,23)/p+1. The second-order valence-electron chi connectivity index (χ2n) is 6.61. The van der Waals surface area contributed by atoms with Crippen LogP contribution in [0.1, 0.15) is 35.5 Å². The minimum Gasteiger partial charge on any atom is -0.493 e. The minimum atomic E-state index is -0.379. The average molecular weight is 423 g/mol. The molecule has 0 saturated heterocycles. The Balaban J connectivity index is 1.88. The number of amidine groups is 1. The normalized spacial score (nSPS) is 14.9. The van der Waals surface area contributed by atoms with Gasteiger partial charge in [0.2, 0.25) is 0 Å². The summed E-state index contributed by atoms with van der Waals surface area (Å²) in [5.41, 5.74) is 7.41. The van der Waals surface area contributed by atoms with Crippen LogP contribution in [0.5, 0.6) is 11.5 Å². The molecule has 26 heavy (non-hydrogen) atoms. The van der Waals surface area contributed by atoms with Crippen LogP contribution in [0, 0.1) is 0 Å². The Labute approximate surface area is 159 Å². The molecule has 1 aromatic carbocycles. The molecule has 0 bridgehead atoms. The summed E-state index contributed by atoms with van der Waals surface area (Å²) in [4.78, 5) is 15.6. The number of amides is 1. The van der Waals surface area contributed by atoms with Crippen molar-refractivity contribution >= 4 is 27.7 Å². The molecule has 1 amide bonds. The zero-order valence-corrected chi connectivity index (χ0v) is 16.6. The van der Waals surface area contributed by atoms with E-state index in [1.807, 2.05) is 12.1 Å². The van der Waals surface area contributed by atoms with E-state index in [2.05, 4.69) is 45.6 Å². The van der Waals surface area contributed by atoms with Gasteiger partial charge in [-0.05, 0) is 59.6 Å². The topological polar surface area (TPSA) is 86.7 Å². The van der Waals surface area contributed by atoms with Crippen LogP contribution in [0.2, 0.25) is 0 Å². The van der Waals surface area contributed by atoms with E-state index in [1.165, 1.54) is 0 Å². The summed E-state index contributed by atoms with van der Waals surface area (Å²) in [5.74, 6) is 1.79. The van der Waals surface area contributed by atoms with E-state index in [0.717, 1.165) is 17.5 Å². The number of methoxy groups -OCH3 is 2. The van der Waals surface area contributed by atoms with Gasteiger partial charge in [-0.25, -0.2) is 0 Å². The Morgan fingerprint density at radius 3 is 2.54 bits per heavy atom. The second kappa shape index (κ2) is 7.03. The van der Waals surface area contributed by atoms with Crippen LogP contribution in [-0.4, -0.2) is 31.5 Å². The van der Waals surface area contributed by atoms with Crippen LogP contribution in [0.25, 0.3) is 0 Å². The van der Waals surface area contributed by atoms with E-state index in [0.29, 0.717) is 22.0 Å². The van der Waals surface area contributed by atoms with Gasteiger partial charge in [-0.1, -0.05) is 0 Å². The van der Waals surface area contributed by atoms with E-state index in [1.54, 1.807) is 26.4 Å². The second-order valence-corrected chi connectivity index (χ2v) is 7.39. The number of carbonyl (C=O) groups is 1. The highest BCUT2D eigenvalue weighted by Gasteiger charge is 2.33. The van der Waals surface area contributed by atoms with Gasteiger partial charge in [0.15, 0.2) is 21.9 Å². The summed E-state index contributed by atoms with van der Waals surface area (Å²) in [5, 5.41) is 0. The number of ether oxygens (including phenoxy) is 2. The van der Waals surface area contributed by atoms with Gasteiger partial charge in [-0.2, -0.15) is 10.9 Å². The van der Waals surface area contributed by atoms with Crippen LogP contribution < -0.4 is 25.3 Å². The number of hydrazine groups is 1. The van der Waals surface area contributed by atoms with Crippen LogP contribution in [0.3, 0.4) is 0 Å². The fraction of sp³-hybridized carbons (Fsp3) is 0.333. The van der Waals surface area contributed by atoms with Gasteiger partial charge in [0.05, 0.1) is 19.8 Å². The third kappa shape index (κ3) is 3.70. The Bertz CT molecular complexity index is 873. The molecule has 0 radical (unpaired) electrons. The lowest BCUT2D eigenvalue weighted by Crippen LogP contribution is -2.90. The van der Waals surface area contributed by atoms with Crippen molar-refractivity contribution in [2.45, 2.75) is 25.8 Å². The lowest BCUT2D eigenvalue weighted by Gasteiger charge is -2.26. The van der Waals surface area contributed by atoms with Crippen molar-refractivity contribution in [3.63, 3.8) is 0 Å². The molecule has 3 rings (SSSR count). The van der Waals surface area contributed by atoms with Crippen molar-refractivity contribution in [1.82, 2.24) is 10.9 Å². The number of benzene rings is 1. The summed E-state index contributed by atoms with van der Waals surface area (Å²) in [7, 11) is 3.20. The molecule has 2 aromatic rings. The highest BCUT2D eigenvalue weighted by atomic mass is 79.9. The predicted octanol–water partition coefficient (Wildman–Crippen LogP) is 1.16. The quantitative estimate of drug-likeness (QED) is 0.646. The van der Waals surface area contributed by atoms with Gasteiger partial charge in [-0.3, -0.25) is 9.79 Å². The predicted molar refractivity (Wildman–Crippen MR) is 99.4 cm³/mol. The summed E-state index contributed by atoms with van der Waals surface area (Å²) >= 11 is 3.18. The molecule has 0 spiro atoms. The Kier molecular flexibility index (Phi) is 4.95. The van der Waals surface area contributed by atoms with Gasteiger partial charge >= 0.3 is 5.91 Å². The van der Waals surface area contributed by atoms with Gasteiger partial charge in [0, 0.05) is 6.42 Å². The lowest BCUT2D eigenvalue weighted by molar-refractivity contribution is -0.547. The first-order chi connectivity index (χ1) is 12.3. The maximum absolute atomic E-state index is 12.2. The largest absolute Gasteiger partial charge is 0.493 e. The average Bonchev–Trinajstić information content (AvgIpc) is 3.03. The molecule has 2 heterocycles. The zero-order valence-electron chi connectivity index (χ0n) is 15.0. The van der Waals surface area contributed by atoms with E-state index in [9.17, 15) is 4.79 Å². The van der Waals surface area contributed by atoms with E-state index in [-0.39, 0.29) is 17.2 Å². The molecule has 8 heteroatoms. The number of rotatable bonds is 3. The summed E-state index contributed by atoms with van der Waals surface area (Å²) in [6, 6.07) is 7.10. The maximum atomic E-state index is 12.2. The summed E-state index contributed by atoms with van der Waals surface area (Å²) in [6.07, 6.45) is 0.799. The molecule has 1 aliphatic heterocycles. The number of hydrogen-bond donors (Lipinski definition) is 3. The first-order valence-corrected chi connectivity index (χ1v) is 8.84. The molecular formula is C18H21BrN3O4+. The van der Waals surface area contributed by atoms with Gasteiger partial charge in [-0.15, -0.1) is 0 Å². The van der Waals surface area contributed by atoms with E-state index in [4.69, 9.17) is 13.9 Å². The van der Waals surface area contributed by atoms with Crippen molar-refractivity contribution in [2.24, 2.45) is 0 Å². The first-order valence-electron chi connectivity index (χ1n) is 8.05. The third-order valence-corrected chi connectivity index (χ3v) is 4.50. The zero-order chi connectivity index (χ0) is 18.9. The third-order valence-electron chi connectivity index (χ3n) is 4.07. The maximum Gasteiger partial charge on any atom is 0.321 e. The Hall–Kier alpha value is -2.48. The monoisotopic (exact) mass is 422 g/mol. The number of carbonyl (C=O) groups excluding carboxylic acids is 1. The smallest absolute Gasteiger partial charge is 0.321 e. The SMILES string of the molecule is COc1cc2c(cc1OC)C(NNC(=O)c1ccc(Br)o1)=[NH+]C(C)(C)C2. The van der Waals surface area contributed by atoms with E-state index >= 15 is 0 Å². The highest BCUT2D eigenvalue weighted by Crippen LogP contribution is 2.32. The number of furan rings is 1. The minimum absolute atomic E-state index is 0.201. The summed E-state index contributed by atoms with van der Waals surface area (Å²) < 4.78 is 16.6. The molecule has 7 nitrogen and oxygen atoms in total. The van der Waals surface area contributed by atoms with Crippen molar-refractivity contribution in [2.75, 3.05) is 14.2 Å². The molecule has 0 unspecified atom stereocenters. The fourth-order valence-electron chi connectivity index (χ4n) is 2.94. The van der Waals surface area contributed by atoms with Gasteiger partial charge in [0.25, 0.3) is 5.84 Å². The fourth-order valence-corrected chi connectivity index (χ4v) is 3.25. The number of fused-ring (bicyclic) bond motifs is 1. The molecule has 0 saturated carbocycles. The molecule has 3 N–H and O–H groups in total. The van der Waals surface area contributed by atoms with Crippen molar-refractivity contribution in [1.29, 1.82) is 0 Å². The van der Waals surface area contributed by atoms with Crippen molar-refractivity contribution in [3.05, 3.63) is 45.8 Å². The molecule has 0 fully saturated rings. The van der Waals surface area contributed by atoms with Gasteiger partial charge < -0.3 is 13.9 Å². The molecule has 1 aliphatic rings. The Morgan fingerprint density at radius 2 is 1.92 bits per heavy atom. The number of halogens is 1. The van der Waals surface area contributed by atoms with Crippen molar-refractivity contribution in [3.8, 4) is 11.5 Å². The first kappa shape index (κ1) is 18.3. The molecule has 138 valence electrons. The van der Waals surface area contributed by atoms with Crippen LogP contribution in [0.15, 0.2) is 33.4 Å². The number of nitrogens with one attached hydrogen (secondary N) is 3. The Morgan fingerprint density at radius 1 is 1.23 bits per heavy atom. The number of hydrogen-bond acceptors (Lipinski definition) is 5. The lowest BCUT2D eigenvalue weighted by atomic mass is 9.88. The van der Waals surface area contributed by atoms with Crippen molar-refractivity contribution < 1.29 is 23.7 Å². The molecule has 0 aliphatic carbocycles. The van der Waals surface area contributed by atoms with E-state index < -0.39 is 0 Å². The molecule has 1 aromatic heterocycles. The highest BCUT2D eigenvalue weighted by molar-refractivity contribution is 9.10. The van der Waals surface area contributed by atoms with Crippen LogP contribution in [-0.2, 0) is 6.42 Å². The van der Waals surface area contributed by atoms with Gasteiger partial charge in [0.1, 0.15) is 5.54 Å². The summed E-state index contributed by atoms with van der Waals surface area (Å²) in [6.45, 7) is 4.17. The molecule has 0 atom stereocenters. The van der Waals surface area contributed by atoms with Crippen LogP contribution >= 0.6 is 15.9 Å². The van der Waals surface area contributed by atoms with Crippen LogP contribution in [0.4, 0.5) is 0 Å². The molecular weight excluding hydrogens is 402 g/mol.